The zero-order valence-corrected chi connectivity index (χ0v) is 9.70. The van der Waals surface area contributed by atoms with Crippen LogP contribution in [-0.4, -0.2) is 28.4 Å². The lowest BCUT2D eigenvalue weighted by Crippen LogP contribution is -2.35. The van der Waals surface area contributed by atoms with E-state index in [2.05, 4.69) is 0 Å². The molecule has 0 aliphatic rings. The largest absolute Gasteiger partial charge is 0.492 e. The van der Waals surface area contributed by atoms with Crippen LogP contribution in [0.25, 0.3) is 0 Å². The Morgan fingerprint density at radius 1 is 1.53 bits per heavy atom. The van der Waals surface area contributed by atoms with Gasteiger partial charge in [-0.15, -0.1) is 0 Å². The maximum absolute atomic E-state index is 13.2. The van der Waals surface area contributed by atoms with E-state index in [9.17, 15) is 19.1 Å². The van der Waals surface area contributed by atoms with Gasteiger partial charge >= 0.3 is 5.69 Å². The van der Waals surface area contributed by atoms with E-state index in [0.717, 1.165) is 11.0 Å². The number of rotatable bonds is 5. The van der Waals surface area contributed by atoms with Crippen molar-refractivity contribution in [2.24, 2.45) is 0 Å². The highest BCUT2D eigenvalue weighted by Crippen LogP contribution is 2.18. The second kappa shape index (κ2) is 5.62. The van der Waals surface area contributed by atoms with E-state index in [1.165, 1.54) is 7.11 Å². The monoisotopic (exact) mass is 246 g/mol. The molecule has 96 valence electrons. The number of ether oxygens (including phenoxy) is 1. The SMILES string of the molecule is CCCC(COC)n1c(O)c(F)c(=O)[nH]c1=O. The minimum atomic E-state index is -1.36. The van der Waals surface area contributed by atoms with Crippen molar-refractivity contribution in [3.63, 3.8) is 0 Å². The third-order valence-electron chi connectivity index (χ3n) is 2.41. The van der Waals surface area contributed by atoms with E-state index >= 15 is 0 Å². The van der Waals surface area contributed by atoms with Crippen molar-refractivity contribution >= 4 is 0 Å². The van der Waals surface area contributed by atoms with Crippen LogP contribution in [0.1, 0.15) is 25.8 Å². The summed E-state index contributed by atoms with van der Waals surface area (Å²) < 4.78 is 18.9. The van der Waals surface area contributed by atoms with E-state index in [4.69, 9.17) is 4.74 Å². The molecule has 0 saturated heterocycles. The fourth-order valence-electron chi connectivity index (χ4n) is 1.67. The third-order valence-corrected chi connectivity index (χ3v) is 2.41. The van der Waals surface area contributed by atoms with Gasteiger partial charge in [-0.05, 0) is 6.42 Å². The summed E-state index contributed by atoms with van der Waals surface area (Å²) >= 11 is 0. The van der Waals surface area contributed by atoms with Gasteiger partial charge in [0.1, 0.15) is 0 Å². The molecular weight excluding hydrogens is 231 g/mol. The van der Waals surface area contributed by atoms with Gasteiger partial charge in [-0.2, -0.15) is 4.39 Å². The van der Waals surface area contributed by atoms with E-state index in [1.54, 1.807) is 4.98 Å². The summed E-state index contributed by atoms with van der Waals surface area (Å²) in [7, 11) is 1.44. The number of nitrogens with one attached hydrogen (secondary N) is 1. The lowest BCUT2D eigenvalue weighted by molar-refractivity contribution is 0.141. The zero-order valence-electron chi connectivity index (χ0n) is 9.70. The zero-order chi connectivity index (χ0) is 13.0. The molecule has 0 aliphatic heterocycles. The number of hydrogen-bond donors (Lipinski definition) is 2. The highest BCUT2D eigenvalue weighted by atomic mass is 19.1. The van der Waals surface area contributed by atoms with Gasteiger partial charge in [-0.1, -0.05) is 13.3 Å². The number of hydrogen-bond acceptors (Lipinski definition) is 4. The van der Waals surface area contributed by atoms with Gasteiger partial charge in [0.05, 0.1) is 12.6 Å². The smallest absolute Gasteiger partial charge is 0.331 e. The first-order valence-electron chi connectivity index (χ1n) is 5.25. The maximum atomic E-state index is 13.2. The van der Waals surface area contributed by atoms with Crippen LogP contribution in [0.4, 0.5) is 4.39 Å². The number of aromatic amines is 1. The molecule has 17 heavy (non-hydrogen) atoms. The summed E-state index contributed by atoms with van der Waals surface area (Å²) in [6, 6.07) is -0.510. The standard InChI is InChI=1S/C10H15FN2O4/c1-3-4-6(5-17-2)13-9(15)7(11)8(14)12-10(13)16/h6,15H,3-5H2,1-2H3,(H,12,14,16). The van der Waals surface area contributed by atoms with Gasteiger partial charge in [0.2, 0.25) is 11.7 Å². The topological polar surface area (TPSA) is 84.3 Å². The van der Waals surface area contributed by atoms with Crippen LogP contribution in [0.3, 0.4) is 0 Å². The molecule has 6 nitrogen and oxygen atoms in total. The van der Waals surface area contributed by atoms with Gasteiger partial charge in [0, 0.05) is 7.11 Å². The Morgan fingerprint density at radius 2 is 2.18 bits per heavy atom. The Hall–Kier alpha value is -1.63. The summed E-state index contributed by atoms with van der Waals surface area (Å²) in [6.07, 6.45) is 1.24. The molecule has 0 aliphatic carbocycles. The molecular formula is C10H15FN2O4. The lowest BCUT2D eigenvalue weighted by Gasteiger charge is -2.19. The Bertz CT molecular complexity index is 488. The number of aromatic nitrogens is 2. The first kappa shape index (κ1) is 13.4. The predicted molar refractivity (Wildman–Crippen MR) is 58.8 cm³/mol. The van der Waals surface area contributed by atoms with E-state index in [0.29, 0.717) is 6.42 Å². The molecule has 1 aromatic rings. The van der Waals surface area contributed by atoms with Gasteiger partial charge < -0.3 is 9.84 Å². The van der Waals surface area contributed by atoms with Crippen molar-refractivity contribution in [3.8, 4) is 5.88 Å². The van der Waals surface area contributed by atoms with Crippen molar-refractivity contribution in [2.75, 3.05) is 13.7 Å². The molecule has 0 amide bonds. The molecule has 0 spiro atoms. The first-order valence-corrected chi connectivity index (χ1v) is 5.25. The van der Waals surface area contributed by atoms with Crippen LogP contribution < -0.4 is 11.2 Å². The summed E-state index contributed by atoms with van der Waals surface area (Å²) in [5.41, 5.74) is -2.07. The molecule has 1 unspecified atom stereocenters. The predicted octanol–water partition coefficient (Wildman–Crippen LogP) is 0.369. The van der Waals surface area contributed by atoms with E-state index in [-0.39, 0.29) is 6.61 Å². The normalized spacial score (nSPS) is 12.6. The molecule has 7 heteroatoms. The van der Waals surface area contributed by atoms with Crippen molar-refractivity contribution in [3.05, 3.63) is 26.7 Å². The first-order chi connectivity index (χ1) is 8.02. The summed E-state index contributed by atoms with van der Waals surface area (Å²) in [5, 5.41) is 9.50. The molecule has 1 rings (SSSR count). The third kappa shape index (κ3) is 2.73. The lowest BCUT2D eigenvalue weighted by atomic mass is 10.2. The Morgan fingerprint density at radius 3 is 2.71 bits per heavy atom. The van der Waals surface area contributed by atoms with Crippen LogP contribution in [0, 0.1) is 5.82 Å². The number of H-pyrrole nitrogens is 1. The summed E-state index contributed by atoms with van der Waals surface area (Å²) in [4.78, 5) is 24.3. The van der Waals surface area contributed by atoms with E-state index in [1.807, 2.05) is 6.92 Å². The second-order valence-electron chi connectivity index (χ2n) is 3.66. The van der Waals surface area contributed by atoms with Gasteiger partial charge in [0.25, 0.3) is 5.56 Å². The number of halogens is 1. The molecule has 0 fully saturated rings. The van der Waals surface area contributed by atoms with E-state index < -0.39 is 29.0 Å². The van der Waals surface area contributed by atoms with Crippen molar-refractivity contribution < 1.29 is 14.2 Å². The summed E-state index contributed by atoms with van der Waals surface area (Å²) in [5.74, 6) is -2.31. The molecule has 0 bridgehead atoms. The number of methoxy groups -OCH3 is 1. The van der Waals surface area contributed by atoms with Crippen LogP contribution in [0.5, 0.6) is 5.88 Å². The van der Waals surface area contributed by atoms with Crippen molar-refractivity contribution in [1.82, 2.24) is 9.55 Å². The minimum absolute atomic E-state index is 0.146. The Kier molecular flexibility index (Phi) is 4.45. The molecule has 0 aromatic carbocycles. The number of aromatic hydroxyl groups is 1. The Balaban J connectivity index is 3.32. The molecule has 1 aromatic heterocycles. The maximum Gasteiger partial charge on any atom is 0.331 e. The minimum Gasteiger partial charge on any atom is -0.492 e. The molecule has 0 radical (unpaired) electrons. The highest BCUT2D eigenvalue weighted by molar-refractivity contribution is 5.10. The van der Waals surface area contributed by atoms with Crippen molar-refractivity contribution in [1.29, 1.82) is 0 Å². The van der Waals surface area contributed by atoms with Gasteiger partial charge in [-0.3, -0.25) is 14.3 Å². The van der Waals surface area contributed by atoms with Gasteiger partial charge in [0.15, 0.2) is 0 Å². The average molecular weight is 246 g/mol. The van der Waals surface area contributed by atoms with Crippen molar-refractivity contribution in [2.45, 2.75) is 25.8 Å². The molecule has 1 heterocycles. The molecule has 2 N–H and O–H groups in total. The number of nitrogens with zero attached hydrogens (tertiary/aromatic N) is 1. The second-order valence-corrected chi connectivity index (χ2v) is 3.66. The molecule has 1 atom stereocenters. The average Bonchev–Trinajstić information content (AvgIpc) is 2.27. The quantitative estimate of drug-likeness (QED) is 0.786. The van der Waals surface area contributed by atoms with Crippen LogP contribution in [0.2, 0.25) is 0 Å². The van der Waals surface area contributed by atoms with Crippen LogP contribution in [0.15, 0.2) is 9.59 Å². The fourth-order valence-corrected chi connectivity index (χ4v) is 1.67. The van der Waals surface area contributed by atoms with Crippen LogP contribution >= 0.6 is 0 Å². The van der Waals surface area contributed by atoms with Crippen LogP contribution in [-0.2, 0) is 4.74 Å². The Labute approximate surface area is 96.7 Å². The fraction of sp³-hybridized carbons (Fsp3) is 0.600. The molecule has 0 saturated carbocycles. The highest BCUT2D eigenvalue weighted by Gasteiger charge is 2.20. The van der Waals surface area contributed by atoms with Gasteiger partial charge in [-0.25, -0.2) is 4.79 Å². The summed E-state index contributed by atoms with van der Waals surface area (Å²) in [6.45, 7) is 2.03.